The molecule has 0 unspecified atom stereocenters. The van der Waals surface area contributed by atoms with Gasteiger partial charge in [0.25, 0.3) is 11.8 Å². The first kappa shape index (κ1) is 28.2. The number of halogens is 3. The van der Waals surface area contributed by atoms with Gasteiger partial charge in [-0.15, -0.1) is 23.2 Å². The molecule has 2 fully saturated rings. The number of methoxy groups -OCH3 is 1. The number of imide groups is 1. The summed E-state index contributed by atoms with van der Waals surface area (Å²) >= 11 is 14.6. The number of phenols is 1. The van der Waals surface area contributed by atoms with E-state index in [1.807, 2.05) is 0 Å². The van der Waals surface area contributed by atoms with Crippen molar-refractivity contribution in [2.75, 3.05) is 12.0 Å². The van der Waals surface area contributed by atoms with Crippen molar-refractivity contribution in [1.82, 2.24) is 13.9 Å². The van der Waals surface area contributed by atoms with Crippen molar-refractivity contribution >= 4 is 40.7 Å². The molecule has 3 aromatic carbocycles. The van der Waals surface area contributed by atoms with Gasteiger partial charge in [0.05, 0.1) is 31.1 Å². The molecule has 224 valence electrons. The van der Waals surface area contributed by atoms with Gasteiger partial charge in [0.2, 0.25) is 0 Å². The van der Waals surface area contributed by atoms with Crippen LogP contribution in [-0.2, 0) is 16.1 Å². The van der Waals surface area contributed by atoms with Crippen LogP contribution in [0.2, 0.25) is 0 Å². The number of benzene rings is 3. The van der Waals surface area contributed by atoms with E-state index < -0.39 is 50.7 Å². The van der Waals surface area contributed by atoms with Crippen molar-refractivity contribution in [2.45, 2.75) is 34.7 Å². The number of allylic oxidation sites excluding steroid dienone is 2. The zero-order valence-electron chi connectivity index (χ0n) is 23.0. The zero-order valence-corrected chi connectivity index (χ0v) is 24.5. The second kappa shape index (κ2) is 9.70. The standard InChI is InChI=1S/C31H23Cl2FN4O6/c1-44-24-15-20(39)11-12-22(24)25-21-13-14-35-28(42)37(18-5-3-2-4-6-18)29(43)38(35)23(21)16-30(32)26(40)36(27(41)31(25,30)33)19-9-7-17(34)8-10-19/h2-13,15,23,25,39H,14,16H2,1H3/t23-,25-,30-,31+/m1/s1. The van der Waals surface area contributed by atoms with Crippen molar-refractivity contribution in [3.05, 3.63) is 117 Å². The molecule has 44 heavy (non-hydrogen) atoms. The molecule has 3 aliphatic rings. The van der Waals surface area contributed by atoms with Crippen LogP contribution < -0.4 is 21.0 Å². The Labute approximate surface area is 258 Å². The summed E-state index contributed by atoms with van der Waals surface area (Å²) in [5.41, 5.74) is -0.0445. The molecular formula is C31H23Cl2FN4O6. The van der Waals surface area contributed by atoms with E-state index in [1.54, 1.807) is 36.4 Å². The van der Waals surface area contributed by atoms with Crippen molar-refractivity contribution in [2.24, 2.45) is 0 Å². The Hall–Kier alpha value is -4.61. The molecule has 0 radical (unpaired) electrons. The molecule has 3 heterocycles. The molecule has 2 aliphatic heterocycles. The predicted octanol–water partition coefficient (Wildman–Crippen LogP) is 3.85. The number of hydrogen-bond acceptors (Lipinski definition) is 6. The van der Waals surface area contributed by atoms with Gasteiger partial charge in [-0.3, -0.25) is 9.59 Å². The molecule has 1 N–H and O–H groups in total. The minimum atomic E-state index is -2.15. The van der Waals surface area contributed by atoms with Gasteiger partial charge in [0.15, 0.2) is 9.75 Å². The van der Waals surface area contributed by atoms with Gasteiger partial charge in [-0.2, -0.15) is 0 Å². The van der Waals surface area contributed by atoms with E-state index in [-0.39, 0.29) is 30.2 Å². The molecule has 13 heteroatoms. The van der Waals surface area contributed by atoms with Gasteiger partial charge in [-0.05, 0) is 48.0 Å². The molecule has 4 aromatic rings. The summed E-state index contributed by atoms with van der Waals surface area (Å²) in [6.07, 6.45) is 1.39. The number of hydrogen-bond donors (Lipinski definition) is 1. The minimum absolute atomic E-state index is 0.0390. The van der Waals surface area contributed by atoms with Gasteiger partial charge < -0.3 is 9.84 Å². The van der Waals surface area contributed by atoms with Gasteiger partial charge in [0, 0.05) is 24.0 Å². The zero-order chi connectivity index (χ0) is 31.1. The Morgan fingerprint density at radius 3 is 2.30 bits per heavy atom. The average molecular weight is 637 g/mol. The van der Waals surface area contributed by atoms with Crippen LogP contribution in [0.3, 0.4) is 0 Å². The van der Waals surface area contributed by atoms with Gasteiger partial charge in [-0.1, -0.05) is 30.3 Å². The quantitative estimate of drug-likeness (QED) is 0.207. The molecule has 1 aromatic heterocycles. The lowest BCUT2D eigenvalue weighted by Gasteiger charge is -2.49. The number of fused-ring (bicyclic) bond motifs is 4. The van der Waals surface area contributed by atoms with Gasteiger partial charge >= 0.3 is 11.4 Å². The van der Waals surface area contributed by atoms with Crippen molar-refractivity contribution in [3.8, 4) is 17.2 Å². The molecule has 7 rings (SSSR count). The van der Waals surface area contributed by atoms with Crippen LogP contribution >= 0.6 is 23.2 Å². The van der Waals surface area contributed by atoms with E-state index in [0.717, 1.165) is 21.6 Å². The van der Waals surface area contributed by atoms with Gasteiger partial charge in [-0.25, -0.2) is 32.8 Å². The molecule has 2 amide bonds. The number of carbonyl (C=O) groups is 2. The first-order valence-corrected chi connectivity index (χ1v) is 14.4. The van der Waals surface area contributed by atoms with E-state index >= 15 is 0 Å². The molecule has 1 aliphatic carbocycles. The highest BCUT2D eigenvalue weighted by Crippen LogP contribution is 2.64. The Morgan fingerprint density at radius 1 is 0.909 bits per heavy atom. The summed E-state index contributed by atoms with van der Waals surface area (Å²) in [5, 5.41) is 10.2. The number of ether oxygens (including phenoxy) is 1. The maximum atomic E-state index is 14.4. The average Bonchev–Trinajstić information content (AvgIpc) is 3.36. The van der Waals surface area contributed by atoms with Crippen LogP contribution in [0.15, 0.2) is 94.0 Å². The van der Waals surface area contributed by atoms with E-state index in [2.05, 4.69) is 0 Å². The van der Waals surface area contributed by atoms with E-state index in [0.29, 0.717) is 16.8 Å². The van der Waals surface area contributed by atoms with Crippen LogP contribution in [0.25, 0.3) is 5.69 Å². The third-order valence-corrected chi connectivity index (χ3v) is 10.1. The summed E-state index contributed by atoms with van der Waals surface area (Å²) in [5.74, 6) is -3.40. The lowest BCUT2D eigenvalue weighted by atomic mass is 9.64. The van der Waals surface area contributed by atoms with Crippen LogP contribution in [0.5, 0.6) is 11.5 Å². The highest BCUT2D eigenvalue weighted by atomic mass is 35.5. The summed E-state index contributed by atoms with van der Waals surface area (Å²) in [4.78, 5) is 52.7. The fourth-order valence-corrected chi connectivity index (χ4v) is 7.65. The summed E-state index contributed by atoms with van der Waals surface area (Å²) in [6.45, 7) is -0.0390. The first-order valence-electron chi connectivity index (χ1n) is 13.6. The number of rotatable bonds is 4. The van der Waals surface area contributed by atoms with Crippen molar-refractivity contribution in [1.29, 1.82) is 0 Å². The molecular weight excluding hydrogens is 614 g/mol. The fourth-order valence-electron chi connectivity index (χ4n) is 6.74. The lowest BCUT2D eigenvalue weighted by Crippen LogP contribution is -2.59. The fraction of sp³-hybridized carbons (Fsp3) is 0.226. The number of anilines is 1. The van der Waals surface area contributed by atoms with E-state index in [1.165, 1.54) is 46.8 Å². The van der Waals surface area contributed by atoms with Crippen LogP contribution in [0.1, 0.15) is 23.9 Å². The van der Waals surface area contributed by atoms with Crippen molar-refractivity contribution in [3.63, 3.8) is 0 Å². The van der Waals surface area contributed by atoms with Crippen LogP contribution in [-0.4, -0.2) is 47.7 Å². The number of alkyl halides is 2. The summed E-state index contributed by atoms with van der Waals surface area (Å²) in [7, 11) is 1.37. The highest BCUT2D eigenvalue weighted by Gasteiger charge is 2.76. The maximum absolute atomic E-state index is 14.4. The largest absolute Gasteiger partial charge is 0.508 e. The number of aromatic nitrogens is 3. The molecule has 0 bridgehead atoms. The number of para-hydroxylation sites is 1. The second-order valence-corrected chi connectivity index (χ2v) is 12.1. The maximum Gasteiger partial charge on any atom is 0.352 e. The third kappa shape index (κ3) is 3.59. The lowest BCUT2D eigenvalue weighted by molar-refractivity contribution is -0.122. The van der Waals surface area contributed by atoms with Crippen LogP contribution in [0, 0.1) is 5.82 Å². The molecule has 0 spiro atoms. The number of nitrogens with zero attached hydrogens (tertiary/aromatic N) is 4. The monoisotopic (exact) mass is 636 g/mol. The Balaban J connectivity index is 1.49. The summed E-state index contributed by atoms with van der Waals surface area (Å²) < 4.78 is 22.9. The van der Waals surface area contributed by atoms with Crippen molar-refractivity contribution < 1.29 is 23.8 Å². The van der Waals surface area contributed by atoms with Gasteiger partial charge in [0.1, 0.15) is 17.3 Å². The molecule has 4 atom stereocenters. The SMILES string of the molecule is COc1cc(O)ccc1[C@H]1C2=CCn3c(=O)n(-c4ccccc4)c(=O)n3[C@@H]2C[C@@]2(Cl)C(=O)N(c3ccc(F)cc3)C(=O)[C@@]12Cl. The van der Waals surface area contributed by atoms with E-state index in [4.69, 9.17) is 27.9 Å². The van der Waals surface area contributed by atoms with Crippen LogP contribution in [0.4, 0.5) is 10.1 Å². The number of phenolic OH excluding ortho intramolecular Hbond substituents is 1. The number of aromatic hydroxyl groups is 1. The van der Waals surface area contributed by atoms with E-state index in [9.17, 15) is 28.7 Å². The number of carbonyl (C=O) groups excluding carboxylic acids is 2. The minimum Gasteiger partial charge on any atom is -0.508 e. The highest BCUT2D eigenvalue weighted by molar-refractivity contribution is 6.58. The Bertz CT molecular complexity index is 2020. The Kier molecular flexibility index (Phi) is 6.21. The molecule has 1 saturated carbocycles. The first-order chi connectivity index (χ1) is 21.0. The Morgan fingerprint density at radius 2 is 1.61 bits per heavy atom. The molecule has 1 saturated heterocycles. The molecule has 10 nitrogen and oxygen atoms in total. The third-order valence-electron chi connectivity index (χ3n) is 8.71. The topological polar surface area (TPSA) is 116 Å². The smallest absolute Gasteiger partial charge is 0.352 e. The normalized spacial score (nSPS) is 25.7. The second-order valence-electron chi connectivity index (χ2n) is 10.9. The predicted molar refractivity (Wildman–Crippen MR) is 159 cm³/mol. The number of amides is 2. The summed E-state index contributed by atoms with van der Waals surface area (Å²) in [6, 6.07) is 16.4.